The van der Waals surface area contributed by atoms with Gasteiger partial charge in [-0.05, 0) is 67.0 Å². The van der Waals surface area contributed by atoms with E-state index in [9.17, 15) is 0 Å². The predicted molar refractivity (Wildman–Crippen MR) is 112 cm³/mol. The predicted octanol–water partition coefficient (Wildman–Crippen LogP) is 3.44. The van der Waals surface area contributed by atoms with Gasteiger partial charge >= 0.3 is 0 Å². The van der Waals surface area contributed by atoms with Gasteiger partial charge in [-0.15, -0.1) is 0 Å². The van der Waals surface area contributed by atoms with Crippen molar-refractivity contribution in [1.82, 2.24) is 0 Å². The molecule has 1 unspecified atom stereocenters. The van der Waals surface area contributed by atoms with Crippen molar-refractivity contribution in [3.05, 3.63) is 53.6 Å². The Bertz CT molecular complexity index is 833. The van der Waals surface area contributed by atoms with Crippen LogP contribution in [-0.2, 0) is 12.8 Å². The van der Waals surface area contributed by atoms with E-state index in [2.05, 4.69) is 45.5 Å². The Morgan fingerprint density at radius 1 is 1.22 bits per heavy atom. The molecule has 5 heteroatoms. The monoisotopic (exact) mass is 364 g/mol. The number of hydrogen-bond acceptors (Lipinski definition) is 3. The standard InChI is InChI=1S/C22H28N4O/c1-27-21-7-3-6-20(13-21)26-11-10-16(15-26)14-24-22(23)25-19-9-8-17-4-2-5-18(17)12-19/h3,6-9,12-13,16H,2,4-5,10-11,14-15H2,1H3,(H3,23,24,25). The highest BCUT2D eigenvalue weighted by atomic mass is 16.5. The van der Waals surface area contributed by atoms with Crippen LogP contribution in [0.25, 0.3) is 0 Å². The number of fused-ring (bicyclic) bond motifs is 1. The summed E-state index contributed by atoms with van der Waals surface area (Å²) in [6.07, 6.45) is 4.76. The Kier molecular flexibility index (Phi) is 5.19. The second-order valence-electron chi connectivity index (χ2n) is 7.49. The number of rotatable bonds is 5. The molecule has 1 aliphatic carbocycles. The number of ether oxygens (including phenoxy) is 1. The third-order valence-electron chi connectivity index (χ3n) is 5.60. The Morgan fingerprint density at radius 2 is 2.11 bits per heavy atom. The number of hydrogen-bond donors (Lipinski definition) is 2. The molecule has 0 aromatic heterocycles. The molecule has 4 rings (SSSR count). The van der Waals surface area contributed by atoms with Gasteiger partial charge in [0.15, 0.2) is 5.96 Å². The molecule has 27 heavy (non-hydrogen) atoms. The maximum Gasteiger partial charge on any atom is 0.193 e. The van der Waals surface area contributed by atoms with Gasteiger partial charge < -0.3 is 20.7 Å². The molecular formula is C22H28N4O. The Hall–Kier alpha value is -2.69. The number of methoxy groups -OCH3 is 1. The van der Waals surface area contributed by atoms with E-state index in [0.717, 1.165) is 37.5 Å². The zero-order valence-electron chi connectivity index (χ0n) is 15.9. The molecule has 0 bridgehead atoms. The summed E-state index contributed by atoms with van der Waals surface area (Å²) in [5, 5.41) is 3.25. The molecular weight excluding hydrogens is 336 g/mol. The fraction of sp³-hybridized carbons (Fsp3) is 0.409. The largest absolute Gasteiger partial charge is 0.497 e. The number of benzene rings is 2. The fourth-order valence-corrected chi connectivity index (χ4v) is 4.09. The zero-order valence-corrected chi connectivity index (χ0v) is 15.9. The van der Waals surface area contributed by atoms with Crippen LogP contribution in [0.15, 0.2) is 47.5 Å². The first kappa shape index (κ1) is 17.7. The van der Waals surface area contributed by atoms with Crippen molar-refractivity contribution in [3.63, 3.8) is 0 Å². The highest BCUT2D eigenvalue weighted by Crippen LogP contribution is 2.27. The molecule has 5 nitrogen and oxygen atoms in total. The van der Waals surface area contributed by atoms with Crippen LogP contribution < -0.4 is 20.7 Å². The van der Waals surface area contributed by atoms with Crippen LogP contribution in [0.5, 0.6) is 5.75 Å². The minimum atomic E-state index is 0.507. The highest BCUT2D eigenvalue weighted by molar-refractivity contribution is 5.92. The molecule has 3 N–H and O–H groups in total. The van der Waals surface area contributed by atoms with Gasteiger partial charge in [0.2, 0.25) is 0 Å². The Labute approximate surface area is 161 Å². The highest BCUT2D eigenvalue weighted by Gasteiger charge is 2.22. The average Bonchev–Trinajstić information content (AvgIpc) is 3.35. The van der Waals surface area contributed by atoms with Gasteiger partial charge in [0.1, 0.15) is 5.75 Å². The normalized spacial score (nSPS) is 19.2. The van der Waals surface area contributed by atoms with Gasteiger partial charge in [-0.3, -0.25) is 4.99 Å². The quantitative estimate of drug-likeness (QED) is 0.630. The summed E-state index contributed by atoms with van der Waals surface area (Å²) in [5.74, 6) is 1.93. The lowest BCUT2D eigenvalue weighted by atomic mass is 10.1. The Morgan fingerprint density at radius 3 is 3.00 bits per heavy atom. The van der Waals surface area contributed by atoms with Crippen LogP contribution in [0.4, 0.5) is 11.4 Å². The minimum Gasteiger partial charge on any atom is -0.497 e. The number of nitrogens with one attached hydrogen (secondary N) is 1. The smallest absolute Gasteiger partial charge is 0.193 e. The van der Waals surface area contributed by atoms with Crippen LogP contribution in [0.1, 0.15) is 24.0 Å². The van der Waals surface area contributed by atoms with Gasteiger partial charge in [-0.25, -0.2) is 0 Å². The molecule has 1 saturated heterocycles. The maximum absolute atomic E-state index is 6.12. The number of aryl methyl sites for hydroxylation is 2. The first-order valence-corrected chi connectivity index (χ1v) is 9.79. The molecule has 1 fully saturated rings. The molecule has 0 saturated carbocycles. The second-order valence-corrected chi connectivity index (χ2v) is 7.49. The van der Waals surface area contributed by atoms with E-state index in [4.69, 9.17) is 10.5 Å². The maximum atomic E-state index is 6.12. The van der Waals surface area contributed by atoms with Crippen LogP contribution in [0, 0.1) is 5.92 Å². The topological polar surface area (TPSA) is 62.9 Å². The number of nitrogens with zero attached hydrogens (tertiary/aromatic N) is 2. The first-order valence-electron chi connectivity index (χ1n) is 9.79. The van der Waals surface area contributed by atoms with Gasteiger partial charge in [-0.1, -0.05) is 12.1 Å². The van der Waals surface area contributed by atoms with E-state index >= 15 is 0 Å². The summed E-state index contributed by atoms with van der Waals surface area (Å²) in [7, 11) is 1.71. The Balaban J connectivity index is 1.31. The minimum absolute atomic E-state index is 0.507. The fourth-order valence-electron chi connectivity index (χ4n) is 4.09. The van der Waals surface area contributed by atoms with Crippen molar-refractivity contribution >= 4 is 17.3 Å². The molecule has 0 amide bonds. The van der Waals surface area contributed by atoms with Crippen LogP contribution >= 0.6 is 0 Å². The average molecular weight is 364 g/mol. The third kappa shape index (κ3) is 4.18. The van der Waals surface area contributed by atoms with Crippen molar-refractivity contribution in [3.8, 4) is 5.75 Å². The SMILES string of the molecule is COc1cccc(N2CCC(CN=C(N)Nc3ccc4c(c3)CCC4)C2)c1. The van der Waals surface area contributed by atoms with Gasteiger partial charge in [0, 0.05) is 37.1 Å². The van der Waals surface area contributed by atoms with E-state index in [0.29, 0.717) is 11.9 Å². The van der Waals surface area contributed by atoms with Gasteiger partial charge in [0.25, 0.3) is 0 Å². The van der Waals surface area contributed by atoms with E-state index in [-0.39, 0.29) is 0 Å². The molecule has 2 aromatic rings. The van der Waals surface area contributed by atoms with Gasteiger partial charge in [-0.2, -0.15) is 0 Å². The van der Waals surface area contributed by atoms with Crippen LogP contribution in [-0.4, -0.2) is 32.7 Å². The summed E-state index contributed by atoms with van der Waals surface area (Å²) < 4.78 is 5.33. The first-order chi connectivity index (χ1) is 13.2. The van der Waals surface area contributed by atoms with E-state index in [1.54, 1.807) is 7.11 Å². The molecule has 1 atom stereocenters. The molecule has 1 heterocycles. The lowest BCUT2D eigenvalue weighted by Gasteiger charge is -2.19. The summed E-state index contributed by atoms with van der Waals surface area (Å²) in [5.41, 5.74) is 11.3. The molecule has 0 radical (unpaired) electrons. The summed E-state index contributed by atoms with van der Waals surface area (Å²) in [6, 6.07) is 14.8. The lowest BCUT2D eigenvalue weighted by molar-refractivity contribution is 0.415. The van der Waals surface area contributed by atoms with E-state index < -0.39 is 0 Å². The van der Waals surface area contributed by atoms with Crippen molar-refractivity contribution in [2.45, 2.75) is 25.7 Å². The van der Waals surface area contributed by atoms with Crippen LogP contribution in [0.2, 0.25) is 0 Å². The summed E-state index contributed by atoms with van der Waals surface area (Å²) in [6.45, 7) is 2.80. The molecule has 1 aliphatic heterocycles. The van der Waals surface area contributed by atoms with Crippen LogP contribution in [0.3, 0.4) is 0 Å². The number of aliphatic imine (C=N–C) groups is 1. The van der Waals surface area contributed by atoms with Gasteiger partial charge in [0.05, 0.1) is 7.11 Å². The summed E-state index contributed by atoms with van der Waals surface area (Å²) >= 11 is 0. The van der Waals surface area contributed by atoms with Crippen molar-refractivity contribution < 1.29 is 4.74 Å². The van der Waals surface area contributed by atoms with Crippen molar-refractivity contribution in [2.24, 2.45) is 16.6 Å². The third-order valence-corrected chi connectivity index (χ3v) is 5.60. The molecule has 2 aromatic carbocycles. The van der Waals surface area contributed by atoms with E-state index in [1.165, 1.54) is 36.1 Å². The van der Waals surface area contributed by atoms with E-state index in [1.807, 2.05) is 12.1 Å². The molecule has 0 spiro atoms. The molecule has 142 valence electrons. The van der Waals surface area contributed by atoms with Crippen molar-refractivity contribution in [1.29, 1.82) is 0 Å². The van der Waals surface area contributed by atoms with Crippen molar-refractivity contribution in [2.75, 3.05) is 37.0 Å². The number of nitrogens with two attached hydrogens (primary N) is 1. The zero-order chi connectivity index (χ0) is 18.6. The second kappa shape index (κ2) is 7.91. The number of guanidine groups is 1. The lowest BCUT2D eigenvalue weighted by Crippen LogP contribution is -2.25. The number of anilines is 2. The summed E-state index contributed by atoms with van der Waals surface area (Å²) in [4.78, 5) is 6.98. The molecule has 2 aliphatic rings.